The van der Waals surface area contributed by atoms with E-state index in [0.29, 0.717) is 41.4 Å². The minimum Gasteiger partial charge on any atom is -0.389 e. The molecule has 2 saturated carbocycles. The van der Waals surface area contributed by atoms with E-state index >= 15 is 0 Å². The standard InChI is InChI=1S/C25H28Cl2FN7O2/c1-24(13-37-12-21(24)36)34-4-2-33(3-5-34)20-7-18-14(6-16(20)26)10-29-23(31-18)32-19-11-30-35(22(19)27)25-8-15(25)17(28)9-25/h6-7,10-11,15,17,21,36H,2-5,8-9,12-13H2,1H3,(H,29,31,32)/t15?,17-,21?,24?,25?/m1/s1. The molecule has 0 amide bonds. The van der Waals surface area contributed by atoms with E-state index < -0.39 is 12.3 Å². The Hall–Kier alpha value is -2.24. The van der Waals surface area contributed by atoms with E-state index in [0.717, 1.165) is 49.2 Å². The average Bonchev–Trinajstić information content (AvgIpc) is 3.12. The number of nitrogens with zero attached hydrogens (tertiary/aromatic N) is 6. The zero-order valence-electron chi connectivity index (χ0n) is 20.4. The third kappa shape index (κ3) is 3.64. The molecule has 12 heteroatoms. The summed E-state index contributed by atoms with van der Waals surface area (Å²) in [6.07, 6.45) is 3.39. The second-order valence-corrected chi connectivity index (χ2v) is 11.7. The smallest absolute Gasteiger partial charge is 0.227 e. The Morgan fingerprint density at radius 1 is 1.16 bits per heavy atom. The van der Waals surface area contributed by atoms with Gasteiger partial charge in [0.2, 0.25) is 5.95 Å². The predicted molar refractivity (Wildman–Crippen MR) is 140 cm³/mol. The summed E-state index contributed by atoms with van der Waals surface area (Å²) >= 11 is 13.3. The van der Waals surface area contributed by atoms with Gasteiger partial charge in [-0.25, -0.2) is 19.0 Å². The molecule has 0 radical (unpaired) electrons. The summed E-state index contributed by atoms with van der Waals surface area (Å²) < 4.78 is 21.0. The van der Waals surface area contributed by atoms with Gasteiger partial charge in [-0.1, -0.05) is 23.2 Å². The van der Waals surface area contributed by atoms with Crippen molar-refractivity contribution in [3.05, 3.63) is 34.7 Å². The van der Waals surface area contributed by atoms with Crippen LogP contribution in [0.3, 0.4) is 0 Å². The summed E-state index contributed by atoms with van der Waals surface area (Å²) in [6, 6.07) is 3.88. The number of anilines is 3. The lowest BCUT2D eigenvalue weighted by atomic mass is 9.91. The number of halogens is 3. The molecule has 4 fully saturated rings. The van der Waals surface area contributed by atoms with Crippen LogP contribution in [-0.2, 0) is 10.3 Å². The maximum absolute atomic E-state index is 13.7. The minimum absolute atomic E-state index is 0.0270. The van der Waals surface area contributed by atoms with Crippen LogP contribution in [0, 0.1) is 5.92 Å². The quantitative estimate of drug-likeness (QED) is 0.500. The SMILES string of the molecule is CC1(N2CCN(c3cc4nc(Nc5cnn(C67CC6[C@H](F)C7)c5Cl)ncc4cc3Cl)CC2)COCC1O. The highest BCUT2D eigenvalue weighted by Crippen LogP contribution is 2.67. The molecule has 4 heterocycles. The molecule has 37 heavy (non-hydrogen) atoms. The molecule has 9 nitrogen and oxygen atoms in total. The van der Waals surface area contributed by atoms with Crippen LogP contribution in [0.1, 0.15) is 19.8 Å². The fourth-order valence-corrected chi connectivity index (χ4v) is 6.87. The molecular formula is C25H28Cl2FN7O2. The van der Waals surface area contributed by atoms with Crippen molar-refractivity contribution >= 4 is 51.4 Å². The molecule has 2 aromatic heterocycles. The van der Waals surface area contributed by atoms with Gasteiger partial charge in [-0.05, 0) is 25.5 Å². The molecule has 4 aliphatic rings. The number of nitrogens with one attached hydrogen (secondary N) is 1. The van der Waals surface area contributed by atoms with Crippen molar-refractivity contribution in [2.75, 3.05) is 49.6 Å². The number of benzene rings is 1. The van der Waals surface area contributed by atoms with Crippen LogP contribution >= 0.6 is 23.2 Å². The van der Waals surface area contributed by atoms with Gasteiger partial charge in [-0.2, -0.15) is 5.10 Å². The second kappa shape index (κ2) is 8.38. The predicted octanol–water partition coefficient (Wildman–Crippen LogP) is 3.61. The Morgan fingerprint density at radius 3 is 2.65 bits per heavy atom. The molecular weight excluding hydrogens is 520 g/mol. The molecule has 4 unspecified atom stereocenters. The Morgan fingerprint density at radius 2 is 1.97 bits per heavy atom. The van der Waals surface area contributed by atoms with Crippen LogP contribution in [0.2, 0.25) is 10.2 Å². The van der Waals surface area contributed by atoms with Crippen molar-refractivity contribution < 1.29 is 14.2 Å². The molecule has 5 atom stereocenters. The summed E-state index contributed by atoms with van der Waals surface area (Å²) in [5.41, 5.74) is 1.67. The third-order valence-electron chi connectivity index (χ3n) is 8.85. The first-order chi connectivity index (χ1) is 17.8. The summed E-state index contributed by atoms with van der Waals surface area (Å²) in [4.78, 5) is 13.7. The fraction of sp³-hybridized carbons (Fsp3) is 0.560. The number of hydrogen-bond donors (Lipinski definition) is 2. The number of aliphatic hydroxyl groups is 1. The maximum Gasteiger partial charge on any atom is 0.227 e. The highest BCUT2D eigenvalue weighted by molar-refractivity contribution is 6.34. The summed E-state index contributed by atoms with van der Waals surface area (Å²) in [5, 5.41) is 19.9. The molecule has 2 aliphatic heterocycles. The first-order valence-electron chi connectivity index (χ1n) is 12.7. The molecule has 2 N–H and O–H groups in total. The van der Waals surface area contributed by atoms with Gasteiger partial charge >= 0.3 is 0 Å². The molecule has 7 rings (SSSR count). The van der Waals surface area contributed by atoms with Crippen LogP contribution in [0.4, 0.5) is 21.7 Å². The second-order valence-electron chi connectivity index (χ2n) is 10.9. The van der Waals surface area contributed by atoms with Gasteiger partial charge in [0.1, 0.15) is 6.17 Å². The Labute approximate surface area is 223 Å². The molecule has 0 spiro atoms. The molecule has 2 aliphatic carbocycles. The Kier molecular flexibility index (Phi) is 5.40. The number of alkyl halides is 1. The van der Waals surface area contributed by atoms with Crippen molar-refractivity contribution in [3.8, 4) is 0 Å². The fourth-order valence-electron chi connectivity index (χ4n) is 6.27. The van der Waals surface area contributed by atoms with Gasteiger partial charge in [-0.3, -0.25) is 4.90 Å². The number of ether oxygens (including phenoxy) is 1. The molecule has 3 aromatic rings. The Bertz CT molecular complexity index is 1380. The summed E-state index contributed by atoms with van der Waals surface area (Å²) in [5.74, 6) is 0.427. The topological polar surface area (TPSA) is 91.6 Å². The van der Waals surface area contributed by atoms with Gasteiger partial charge in [0.25, 0.3) is 0 Å². The highest BCUT2D eigenvalue weighted by atomic mass is 35.5. The van der Waals surface area contributed by atoms with Crippen LogP contribution < -0.4 is 10.2 Å². The van der Waals surface area contributed by atoms with E-state index in [1.165, 1.54) is 0 Å². The number of fused-ring (bicyclic) bond motifs is 2. The molecule has 0 bridgehead atoms. The van der Waals surface area contributed by atoms with E-state index in [1.54, 1.807) is 17.1 Å². The van der Waals surface area contributed by atoms with Gasteiger partial charge in [0.05, 0.1) is 58.5 Å². The van der Waals surface area contributed by atoms with E-state index in [4.69, 9.17) is 32.9 Å². The van der Waals surface area contributed by atoms with Gasteiger partial charge in [-0.15, -0.1) is 0 Å². The number of rotatable bonds is 5. The lowest BCUT2D eigenvalue weighted by Crippen LogP contribution is -2.60. The van der Waals surface area contributed by atoms with Gasteiger partial charge in [0, 0.05) is 50.1 Å². The van der Waals surface area contributed by atoms with E-state index in [-0.39, 0.29) is 17.0 Å². The third-order valence-corrected chi connectivity index (χ3v) is 9.51. The minimum atomic E-state index is -0.754. The van der Waals surface area contributed by atoms with Crippen LogP contribution in [0.15, 0.2) is 24.5 Å². The van der Waals surface area contributed by atoms with Crippen molar-refractivity contribution in [3.63, 3.8) is 0 Å². The zero-order valence-corrected chi connectivity index (χ0v) is 21.9. The van der Waals surface area contributed by atoms with E-state index in [1.807, 2.05) is 12.1 Å². The van der Waals surface area contributed by atoms with Crippen LogP contribution in [-0.4, -0.2) is 87.0 Å². The van der Waals surface area contributed by atoms with Crippen molar-refractivity contribution in [1.82, 2.24) is 24.6 Å². The lowest BCUT2D eigenvalue weighted by Gasteiger charge is -2.45. The molecule has 196 valence electrons. The van der Waals surface area contributed by atoms with Crippen molar-refractivity contribution in [2.45, 2.75) is 43.1 Å². The van der Waals surface area contributed by atoms with Crippen LogP contribution in [0.25, 0.3) is 10.9 Å². The normalized spacial score (nSPS) is 33.4. The zero-order chi connectivity index (χ0) is 25.5. The van der Waals surface area contributed by atoms with Gasteiger partial charge in [0.15, 0.2) is 5.15 Å². The lowest BCUT2D eigenvalue weighted by molar-refractivity contribution is 0.00884. The van der Waals surface area contributed by atoms with Crippen molar-refractivity contribution in [1.29, 1.82) is 0 Å². The number of piperazine rings is 1. The molecule has 1 aromatic carbocycles. The number of hydrogen-bond acceptors (Lipinski definition) is 8. The highest BCUT2D eigenvalue weighted by Gasteiger charge is 2.70. The first kappa shape index (κ1) is 23.8. The summed E-state index contributed by atoms with van der Waals surface area (Å²) in [6.45, 7) is 6.15. The molecule has 2 saturated heterocycles. The summed E-state index contributed by atoms with van der Waals surface area (Å²) in [7, 11) is 0. The largest absolute Gasteiger partial charge is 0.389 e. The van der Waals surface area contributed by atoms with E-state index in [9.17, 15) is 9.50 Å². The average molecular weight is 548 g/mol. The van der Waals surface area contributed by atoms with Crippen molar-refractivity contribution in [2.24, 2.45) is 5.92 Å². The maximum atomic E-state index is 13.7. The number of aliphatic hydroxyl groups excluding tert-OH is 1. The monoisotopic (exact) mass is 547 g/mol. The number of aromatic nitrogens is 4. The first-order valence-corrected chi connectivity index (χ1v) is 13.4. The van der Waals surface area contributed by atoms with Gasteiger partial charge < -0.3 is 20.1 Å². The Balaban J connectivity index is 1.09. The van der Waals surface area contributed by atoms with E-state index in [2.05, 4.69) is 32.1 Å². The van der Waals surface area contributed by atoms with Crippen LogP contribution in [0.5, 0.6) is 0 Å².